The molecule has 0 aliphatic carbocycles. The van der Waals surface area contributed by atoms with Gasteiger partial charge in [0.15, 0.2) is 4.34 Å². The fraction of sp³-hybridized carbons (Fsp3) is 0.286. The maximum atomic E-state index is 11.9. The summed E-state index contributed by atoms with van der Waals surface area (Å²) in [5, 5.41) is 16.3. The summed E-state index contributed by atoms with van der Waals surface area (Å²) in [5.74, 6) is -0.294. The number of anilines is 2. The average molecular weight is 351 g/mol. The highest BCUT2D eigenvalue weighted by molar-refractivity contribution is 8.01. The molecule has 23 heavy (non-hydrogen) atoms. The Bertz CT molecular complexity index is 717. The molecular weight excluding hydrogens is 334 g/mol. The SMILES string of the molecule is CNc1nnc(SCC(=O)NC(=O)Nc2cccc(C)c2C)s1. The number of carbonyl (C=O) groups excluding carboxylic acids is 2. The number of amides is 3. The lowest BCUT2D eigenvalue weighted by Gasteiger charge is -2.10. The summed E-state index contributed by atoms with van der Waals surface area (Å²) in [7, 11) is 1.75. The van der Waals surface area contributed by atoms with Crippen molar-refractivity contribution in [3.05, 3.63) is 29.3 Å². The summed E-state index contributed by atoms with van der Waals surface area (Å²) in [6, 6.07) is 5.06. The summed E-state index contributed by atoms with van der Waals surface area (Å²) in [4.78, 5) is 23.7. The molecule has 2 rings (SSSR count). The molecule has 9 heteroatoms. The van der Waals surface area contributed by atoms with Crippen LogP contribution in [0.1, 0.15) is 11.1 Å². The Hall–Kier alpha value is -2.13. The maximum absolute atomic E-state index is 11.9. The van der Waals surface area contributed by atoms with Crippen molar-refractivity contribution in [2.45, 2.75) is 18.2 Å². The van der Waals surface area contributed by atoms with Crippen molar-refractivity contribution in [2.75, 3.05) is 23.4 Å². The minimum atomic E-state index is -0.544. The number of urea groups is 1. The van der Waals surface area contributed by atoms with Crippen molar-refractivity contribution in [3.8, 4) is 0 Å². The highest BCUT2D eigenvalue weighted by Gasteiger charge is 2.12. The number of benzene rings is 1. The van der Waals surface area contributed by atoms with Crippen LogP contribution in [0.15, 0.2) is 22.5 Å². The lowest BCUT2D eigenvalue weighted by Crippen LogP contribution is -2.35. The van der Waals surface area contributed by atoms with Crippen LogP contribution in [0.25, 0.3) is 0 Å². The second-order valence-electron chi connectivity index (χ2n) is 4.66. The van der Waals surface area contributed by atoms with Crippen molar-refractivity contribution in [3.63, 3.8) is 0 Å². The number of nitrogens with zero attached hydrogens (tertiary/aromatic N) is 2. The van der Waals surface area contributed by atoms with Crippen LogP contribution in [-0.4, -0.2) is 34.9 Å². The lowest BCUT2D eigenvalue weighted by atomic mass is 10.1. The van der Waals surface area contributed by atoms with Gasteiger partial charge in [0.25, 0.3) is 0 Å². The third-order valence-corrected chi connectivity index (χ3v) is 5.13. The molecule has 7 nitrogen and oxygen atoms in total. The molecule has 3 N–H and O–H groups in total. The van der Waals surface area contributed by atoms with E-state index < -0.39 is 6.03 Å². The van der Waals surface area contributed by atoms with E-state index in [4.69, 9.17) is 0 Å². The first-order valence-corrected chi connectivity index (χ1v) is 8.61. The fourth-order valence-corrected chi connectivity index (χ4v) is 3.20. The van der Waals surface area contributed by atoms with Crippen molar-refractivity contribution in [1.82, 2.24) is 15.5 Å². The minimum Gasteiger partial charge on any atom is -0.363 e. The van der Waals surface area contributed by atoms with E-state index in [9.17, 15) is 9.59 Å². The molecule has 0 unspecified atom stereocenters. The number of rotatable bonds is 5. The van der Waals surface area contributed by atoms with Crippen LogP contribution in [0.2, 0.25) is 0 Å². The van der Waals surface area contributed by atoms with Gasteiger partial charge < -0.3 is 10.6 Å². The van der Waals surface area contributed by atoms with E-state index in [-0.39, 0.29) is 11.7 Å². The number of imide groups is 1. The highest BCUT2D eigenvalue weighted by atomic mass is 32.2. The van der Waals surface area contributed by atoms with E-state index in [1.807, 2.05) is 26.0 Å². The van der Waals surface area contributed by atoms with Gasteiger partial charge in [-0.15, -0.1) is 10.2 Å². The topological polar surface area (TPSA) is 96.0 Å². The monoisotopic (exact) mass is 351 g/mol. The molecule has 2 aromatic rings. The first kappa shape index (κ1) is 17.2. The van der Waals surface area contributed by atoms with Gasteiger partial charge in [-0.05, 0) is 31.0 Å². The van der Waals surface area contributed by atoms with E-state index >= 15 is 0 Å². The van der Waals surface area contributed by atoms with Crippen LogP contribution in [0.5, 0.6) is 0 Å². The molecule has 3 amide bonds. The Kier molecular flexibility index (Phi) is 5.94. The lowest BCUT2D eigenvalue weighted by molar-refractivity contribution is -0.117. The van der Waals surface area contributed by atoms with Crippen molar-refractivity contribution < 1.29 is 9.59 Å². The van der Waals surface area contributed by atoms with Gasteiger partial charge in [0.1, 0.15) is 0 Å². The molecule has 0 aliphatic heterocycles. The van der Waals surface area contributed by atoms with Gasteiger partial charge in [0.05, 0.1) is 5.75 Å². The second-order valence-corrected chi connectivity index (χ2v) is 6.86. The molecule has 0 spiro atoms. The van der Waals surface area contributed by atoms with Gasteiger partial charge in [0.2, 0.25) is 11.0 Å². The average Bonchev–Trinajstić information content (AvgIpc) is 2.98. The van der Waals surface area contributed by atoms with Crippen molar-refractivity contribution >= 4 is 45.9 Å². The fourth-order valence-electron chi connectivity index (χ4n) is 1.70. The molecular formula is C14H17N5O2S2. The first-order chi connectivity index (χ1) is 11.0. The number of hydrogen-bond acceptors (Lipinski definition) is 7. The molecule has 0 bridgehead atoms. The van der Waals surface area contributed by atoms with E-state index in [0.29, 0.717) is 15.2 Å². The molecule has 1 aromatic heterocycles. The summed E-state index contributed by atoms with van der Waals surface area (Å²) < 4.78 is 0.666. The normalized spacial score (nSPS) is 10.2. The standard InChI is InChI=1S/C14H17N5O2S2/c1-8-5-4-6-10(9(8)2)16-12(21)17-11(20)7-22-14-19-18-13(15-3)23-14/h4-6H,7H2,1-3H3,(H,15,18)(H2,16,17,20,21). The Labute approximate surface area is 142 Å². The van der Waals surface area contributed by atoms with Crippen molar-refractivity contribution in [2.24, 2.45) is 0 Å². The number of carbonyl (C=O) groups is 2. The van der Waals surface area contributed by atoms with Gasteiger partial charge in [-0.2, -0.15) is 0 Å². The van der Waals surface area contributed by atoms with Crippen LogP contribution < -0.4 is 16.0 Å². The van der Waals surface area contributed by atoms with Crippen molar-refractivity contribution in [1.29, 1.82) is 0 Å². The van der Waals surface area contributed by atoms with E-state index in [2.05, 4.69) is 26.1 Å². The summed E-state index contributed by atoms with van der Waals surface area (Å²) in [6.07, 6.45) is 0. The predicted molar refractivity (Wildman–Crippen MR) is 93.3 cm³/mol. The Morgan fingerprint density at radius 3 is 2.74 bits per heavy atom. The van der Waals surface area contributed by atoms with Crippen LogP contribution in [0, 0.1) is 13.8 Å². The molecule has 0 aliphatic rings. The van der Waals surface area contributed by atoms with Crippen LogP contribution in [0.4, 0.5) is 15.6 Å². The van der Waals surface area contributed by atoms with Crippen LogP contribution >= 0.6 is 23.1 Å². The van der Waals surface area contributed by atoms with Gasteiger partial charge in [-0.3, -0.25) is 10.1 Å². The largest absolute Gasteiger partial charge is 0.363 e. The van der Waals surface area contributed by atoms with Gasteiger partial charge in [-0.1, -0.05) is 35.2 Å². The maximum Gasteiger partial charge on any atom is 0.325 e. The molecule has 0 radical (unpaired) electrons. The molecule has 122 valence electrons. The molecule has 1 aromatic carbocycles. The number of nitrogens with one attached hydrogen (secondary N) is 3. The van der Waals surface area contributed by atoms with Crippen LogP contribution in [-0.2, 0) is 4.79 Å². The third kappa shape index (κ3) is 4.93. The quantitative estimate of drug-likeness (QED) is 0.717. The van der Waals surface area contributed by atoms with Crippen LogP contribution in [0.3, 0.4) is 0 Å². The summed E-state index contributed by atoms with van der Waals surface area (Å²) >= 11 is 2.58. The Balaban J connectivity index is 1.82. The summed E-state index contributed by atoms with van der Waals surface area (Å²) in [5.41, 5.74) is 2.73. The highest BCUT2D eigenvalue weighted by Crippen LogP contribution is 2.24. The Morgan fingerprint density at radius 1 is 1.26 bits per heavy atom. The van der Waals surface area contributed by atoms with E-state index in [0.717, 1.165) is 11.1 Å². The molecule has 0 fully saturated rings. The number of thioether (sulfide) groups is 1. The van der Waals surface area contributed by atoms with E-state index in [1.54, 1.807) is 13.1 Å². The molecule has 0 saturated heterocycles. The molecule has 0 saturated carbocycles. The van der Waals surface area contributed by atoms with Gasteiger partial charge in [-0.25, -0.2) is 4.79 Å². The van der Waals surface area contributed by atoms with E-state index in [1.165, 1.54) is 23.1 Å². The Morgan fingerprint density at radius 2 is 2.04 bits per heavy atom. The molecule has 0 atom stereocenters. The minimum absolute atomic E-state index is 0.0958. The summed E-state index contributed by atoms with van der Waals surface area (Å²) in [6.45, 7) is 3.87. The molecule has 1 heterocycles. The number of hydrogen-bond donors (Lipinski definition) is 3. The number of aryl methyl sites for hydroxylation is 1. The zero-order valence-corrected chi connectivity index (χ0v) is 14.6. The van der Waals surface area contributed by atoms with Gasteiger partial charge >= 0.3 is 6.03 Å². The smallest absolute Gasteiger partial charge is 0.325 e. The number of aromatic nitrogens is 2. The predicted octanol–water partition coefficient (Wildman–Crippen LogP) is 2.64. The van der Waals surface area contributed by atoms with Gasteiger partial charge in [0, 0.05) is 12.7 Å². The third-order valence-electron chi connectivity index (χ3n) is 3.05. The first-order valence-electron chi connectivity index (χ1n) is 6.80. The zero-order valence-electron chi connectivity index (χ0n) is 13.0. The second kappa shape index (κ2) is 7.93. The zero-order chi connectivity index (χ0) is 16.8.